The minimum atomic E-state index is -0.515. The van der Waals surface area contributed by atoms with E-state index in [0.717, 1.165) is 12.8 Å². The maximum Gasteiger partial charge on any atom is 0.265 e. The molecule has 102 valence electrons. The SMILES string of the molecule is CCCCC(=O)Nc1cccc2c1NC(=O)C(C)O2. The topological polar surface area (TPSA) is 67.4 Å². The average molecular weight is 262 g/mol. The number of para-hydroxylation sites is 1. The van der Waals surface area contributed by atoms with E-state index in [1.54, 1.807) is 25.1 Å². The molecule has 0 saturated carbocycles. The molecule has 1 aliphatic rings. The molecule has 19 heavy (non-hydrogen) atoms. The highest BCUT2D eigenvalue weighted by atomic mass is 16.5. The quantitative estimate of drug-likeness (QED) is 0.876. The van der Waals surface area contributed by atoms with E-state index in [4.69, 9.17) is 4.74 Å². The molecule has 0 radical (unpaired) electrons. The molecule has 1 aromatic carbocycles. The molecule has 5 heteroatoms. The largest absolute Gasteiger partial charge is 0.479 e. The molecule has 0 fully saturated rings. The second-order valence-corrected chi connectivity index (χ2v) is 4.58. The Morgan fingerprint density at radius 3 is 3.00 bits per heavy atom. The summed E-state index contributed by atoms with van der Waals surface area (Å²) in [6.07, 6.45) is 1.78. The first-order valence-corrected chi connectivity index (χ1v) is 6.52. The van der Waals surface area contributed by atoms with Gasteiger partial charge < -0.3 is 15.4 Å². The monoisotopic (exact) mass is 262 g/mol. The predicted molar refractivity (Wildman–Crippen MR) is 73.3 cm³/mol. The van der Waals surface area contributed by atoms with Crippen LogP contribution in [-0.4, -0.2) is 17.9 Å². The highest BCUT2D eigenvalue weighted by molar-refractivity contribution is 6.04. The van der Waals surface area contributed by atoms with Crippen LogP contribution in [0.2, 0.25) is 0 Å². The summed E-state index contributed by atoms with van der Waals surface area (Å²) < 4.78 is 5.48. The molecule has 5 nitrogen and oxygen atoms in total. The highest BCUT2D eigenvalue weighted by Gasteiger charge is 2.25. The average Bonchev–Trinajstić information content (AvgIpc) is 2.38. The zero-order valence-electron chi connectivity index (χ0n) is 11.2. The number of rotatable bonds is 4. The molecular formula is C14H18N2O3. The van der Waals surface area contributed by atoms with Gasteiger partial charge in [-0.1, -0.05) is 19.4 Å². The molecule has 2 N–H and O–H groups in total. The lowest BCUT2D eigenvalue weighted by atomic mass is 10.2. The number of carbonyl (C=O) groups excluding carboxylic acids is 2. The van der Waals surface area contributed by atoms with Gasteiger partial charge in [0, 0.05) is 6.42 Å². The van der Waals surface area contributed by atoms with Crippen LogP contribution < -0.4 is 15.4 Å². The fourth-order valence-corrected chi connectivity index (χ4v) is 1.88. The van der Waals surface area contributed by atoms with Crippen molar-refractivity contribution in [2.75, 3.05) is 10.6 Å². The molecule has 1 aromatic rings. The Balaban J connectivity index is 2.16. The van der Waals surface area contributed by atoms with Gasteiger partial charge in [0.2, 0.25) is 5.91 Å². The van der Waals surface area contributed by atoms with E-state index in [1.165, 1.54) is 0 Å². The van der Waals surface area contributed by atoms with Crippen molar-refractivity contribution in [3.8, 4) is 5.75 Å². The molecular weight excluding hydrogens is 244 g/mol. The van der Waals surface area contributed by atoms with Gasteiger partial charge in [0.15, 0.2) is 6.10 Å². The summed E-state index contributed by atoms with van der Waals surface area (Å²) in [6.45, 7) is 3.72. The smallest absolute Gasteiger partial charge is 0.265 e. The van der Waals surface area contributed by atoms with Gasteiger partial charge in [-0.15, -0.1) is 0 Å². The molecule has 2 amide bonds. The van der Waals surface area contributed by atoms with E-state index in [2.05, 4.69) is 10.6 Å². The number of hydrogen-bond donors (Lipinski definition) is 2. The molecule has 1 heterocycles. The maximum absolute atomic E-state index is 11.7. The molecule has 0 spiro atoms. The Morgan fingerprint density at radius 1 is 1.47 bits per heavy atom. The molecule has 0 bridgehead atoms. The summed E-state index contributed by atoms with van der Waals surface area (Å²) in [5.74, 6) is 0.325. The second-order valence-electron chi connectivity index (χ2n) is 4.58. The third-order valence-electron chi connectivity index (χ3n) is 2.98. The lowest BCUT2D eigenvalue weighted by molar-refractivity contribution is -0.122. The lowest BCUT2D eigenvalue weighted by Crippen LogP contribution is -2.34. The number of hydrogen-bond acceptors (Lipinski definition) is 3. The predicted octanol–water partition coefficient (Wildman–Crippen LogP) is 2.53. The van der Waals surface area contributed by atoms with E-state index in [1.807, 2.05) is 6.92 Å². The molecule has 2 rings (SSSR count). The van der Waals surface area contributed by atoms with Crippen LogP contribution in [0.15, 0.2) is 18.2 Å². The zero-order valence-corrected chi connectivity index (χ0v) is 11.2. The number of fused-ring (bicyclic) bond motifs is 1. The van der Waals surface area contributed by atoms with Crippen LogP contribution in [0.4, 0.5) is 11.4 Å². The van der Waals surface area contributed by atoms with Crippen molar-refractivity contribution in [1.29, 1.82) is 0 Å². The van der Waals surface area contributed by atoms with Gasteiger partial charge in [0.05, 0.1) is 5.69 Å². The fraction of sp³-hybridized carbons (Fsp3) is 0.429. The molecule has 0 saturated heterocycles. The third kappa shape index (κ3) is 3.05. The Morgan fingerprint density at radius 2 is 2.26 bits per heavy atom. The summed E-state index contributed by atoms with van der Waals surface area (Å²) in [7, 11) is 0. The van der Waals surface area contributed by atoms with Crippen LogP contribution in [0.25, 0.3) is 0 Å². The van der Waals surface area contributed by atoms with Crippen molar-refractivity contribution in [3.05, 3.63) is 18.2 Å². The number of unbranched alkanes of at least 4 members (excludes halogenated alkanes) is 1. The van der Waals surface area contributed by atoms with Crippen LogP contribution in [0.3, 0.4) is 0 Å². The van der Waals surface area contributed by atoms with Crippen molar-refractivity contribution in [1.82, 2.24) is 0 Å². The van der Waals surface area contributed by atoms with Crippen molar-refractivity contribution < 1.29 is 14.3 Å². The number of ether oxygens (including phenoxy) is 1. The maximum atomic E-state index is 11.7. The van der Waals surface area contributed by atoms with Crippen molar-refractivity contribution in [2.45, 2.75) is 39.2 Å². The van der Waals surface area contributed by atoms with Gasteiger partial charge in [-0.25, -0.2) is 0 Å². The van der Waals surface area contributed by atoms with Gasteiger partial charge in [-0.2, -0.15) is 0 Å². The van der Waals surface area contributed by atoms with Gasteiger partial charge >= 0.3 is 0 Å². The first kappa shape index (κ1) is 13.4. The van der Waals surface area contributed by atoms with E-state index in [9.17, 15) is 9.59 Å². The van der Waals surface area contributed by atoms with Gasteiger partial charge in [-0.3, -0.25) is 9.59 Å². The van der Waals surface area contributed by atoms with Crippen LogP contribution in [0, 0.1) is 0 Å². The van der Waals surface area contributed by atoms with Gasteiger partial charge in [-0.05, 0) is 25.5 Å². The van der Waals surface area contributed by atoms with Crippen LogP contribution in [-0.2, 0) is 9.59 Å². The first-order valence-electron chi connectivity index (χ1n) is 6.52. The van der Waals surface area contributed by atoms with E-state index < -0.39 is 6.10 Å². The van der Waals surface area contributed by atoms with Crippen molar-refractivity contribution in [3.63, 3.8) is 0 Å². The summed E-state index contributed by atoms with van der Waals surface area (Å²) in [6, 6.07) is 5.31. The summed E-state index contributed by atoms with van der Waals surface area (Å²) in [4.78, 5) is 23.4. The minimum absolute atomic E-state index is 0.0527. The zero-order chi connectivity index (χ0) is 13.8. The van der Waals surface area contributed by atoms with E-state index >= 15 is 0 Å². The summed E-state index contributed by atoms with van der Waals surface area (Å²) in [5.41, 5.74) is 1.12. The Labute approximate surface area is 112 Å². The Hall–Kier alpha value is -2.04. The van der Waals surface area contributed by atoms with Crippen molar-refractivity contribution >= 4 is 23.2 Å². The minimum Gasteiger partial charge on any atom is -0.479 e. The molecule has 0 aromatic heterocycles. The van der Waals surface area contributed by atoms with Crippen LogP contribution in [0.5, 0.6) is 5.75 Å². The number of benzene rings is 1. The standard InChI is InChI=1S/C14H18N2O3/c1-3-4-8-12(17)15-10-6-5-7-11-13(10)16-14(18)9(2)19-11/h5-7,9H,3-4,8H2,1-2H3,(H,15,17)(H,16,18). The molecule has 1 unspecified atom stereocenters. The second kappa shape index (κ2) is 5.73. The number of anilines is 2. The first-order chi connectivity index (χ1) is 9.11. The Kier molecular flexibility index (Phi) is 4.04. The van der Waals surface area contributed by atoms with Crippen molar-refractivity contribution in [2.24, 2.45) is 0 Å². The number of amides is 2. The summed E-state index contributed by atoms with van der Waals surface area (Å²) >= 11 is 0. The summed E-state index contributed by atoms with van der Waals surface area (Å²) in [5, 5.41) is 5.57. The van der Waals surface area contributed by atoms with E-state index in [-0.39, 0.29) is 11.8 Å². The van der Waals surface area contributed by atoms with Crippen LogP contribution in [0.1, 0.15) is 33.1 Å². The van der Waals surface area contributed by atoms with Gasteiger partial charge in [0.1, 0.15) is 11.4 Å². The fourth-order valence-electron chi connectivity index (χ4n) is 1.88. The van der Waals surface area contributed by atoms with Gasteiger partial charge in [0.25, 0.3) is 5.91 Å². The molecule has 1 atom stereocenters. The number of nitrogens with one attached hydrogen (secondary N) is 2. The normalized spacial score (nSPS) is 17.2. The van der Waals surface area contributed by atoms with Crippen LogP contribution >= 0.6 is 0 Å². The third-order valence-corrected chi connectivity index (χ3v) is 2.98. The highest BCUT2D eigenvalue weighted by Crippen LogP contribution is 2.36. The Bertz CT molecular complexity index is 499. The molecule has 0 aliphatic carbocycles. The lowest BCUT2D eigenvalue weighted by Gasteiger charge is -2.25. The number of carbonyl (C=O) groups is 2. The molecule has 1 aliphatic heterocycles. The van der Waals surface area contributed by atoms with E-state index in [0.29, 0.717) is 23.5 Å².